The summed E-state index contributed by atoms with van der Waals surface area (Å²) in [6, 6.07) is 27.6. The fraction of sp³-hybridized carbons (Fsp3) is 0.371. The van der Waals surface area contributed by atoms with Gasteiger partial charge in [0.2, 0.25) is 11.7 Å². The van der Waals surface area contributed by atoms with Crippen molar-refractivity contribution in [2.24, 2.45) is 0 Å². The quantitative estimate of drug-likeness (QED) is 0.222. The molecule has 0 spiro atoms. The van der Waals surface area contributed by atoms with Crippen LogP contribution in [0.1, 0.15) is 54.0 Å². The van der Waals surface area contributed by atoms with Crippen LogP contribution in [-0.4, -0.2) is 71.2 Å². The third-order valence-corrected chi connectivity index (χ3v) is 8.40. The van der Waals surface area contributed by atoms with E-state index in [4.69, 9.17) is 18.5 Å². The van der Waals surface area contributed by atoms with Gasteiger partial charge in [-0.2, -0.15) is 9.97 Å². The van der Waals surface area contributed by atoms with Crippen LogP contribution in [0.5, 0.6) is 0 Å². The van der Waals surface area contributed by atoms with E-state index >= 15 is 0 Å². The average molecular weight is 645 g/mol. The van der Waals surface area contributed by atoms with Gasteiger partial charge in [0.1, 0.15) is 0 Å². The van der Waals surface area contributed by atoms with Crippen molar-refractivity contribution in [2.45, 2.75) is 38.3 Å². The van der Waals surface area contributed by atoms with Gasteiger partial charge in [0.15, 0.2) is 6.33 Å². The number of hydrogen-bond donors (Lipinski definition) is 1. The molecule has 7 rings (SSSR count). The number of nitrogens with one attached hydrogen (secondary N) is 1. The number of halogens is 1. The standard InChI is InChI=1S/C22H25N3O2.C13H15N3O2.ClH/c1-16(18-6-4-3-5-7-18)25-13-12-21(26-15-14-25)19-8-10-20(11-9-19)22-23-17(2)27-24-22;1-3-11(13-15-9-16-18-13)4-2-10(1)12-7-14-5-6-17-8-12;/h3-11,16,21H,12-15H2,1-2H3;1-4,9,12,14H,5-8H2;1H. The zero-order valence-corrected chi connectivity index (χ0v) is 27.1. The predicted octanol–water partition coefficient (Wildman–Crippen LogP) is 6.43. The van der Waals surface area contributed by atoms with Gasteiger partial charge < -0.3 is 23.8 Å². The van der Waals surface area contributed by atoms with Crippen LogP contribution in [0.2, 0.25) is 0 Å². The Morgan fingerprint density at radius 1 is 0.870 bits per heavy atom. The second-order valence-electron chi connectivity index (χ2n) is 11.4. The molecule has 1 N–H and O–H groups in total. The van der Waals surface area contributed by atoms with Gasteiger partial charge in [-0.25, -0.2) is 0 Å². The lowest BCUT2D eigenvalue weighted by Gasteiger charge is -2.27. The lowest BCUT2D eigenvalue weighted by molar-refractivity contribution is 0.0605. The van der Waals surface area contributed by atoms with Gasteiger partial charge in [-0.3, -0.25) is 4.90 Å². The molecule has 2 aliphatic heterocycles. The van der Waals surface area contributed by atoms with Crippen molar-refractivity contribution in [3.63, 3.8) is 0 Å². The summed E-state index contributed by atoms with van der Waals surface area (Å²) in [7, 11) is 0. The molecule has 3 unspecified atom stereocenters. The van der Waals surface area contributed by atoms with E-state index in [2.05, 4.69) is 92.0 Å². The number of benzene rings is 3. The van der Waals surface area contributed by atoms with Gasteiger partial charge in [-0.15, -0.1) is 12.4 Å². The summed E-state index contributed by atoms with van der Waals surface area (Å²) in [6.07, 6.45) is 2.52. The fourth-order valence-electron chi connectivity index (χ4n) is 5.76. The number of rotatable bonds is 6. The second kappa shape index (κ2) is 16.6. The molecule has 0 aliphatic carbocycles. The van der Waals surface area contributed by atoms with E-state index in [1.165, 1.54) is 23.0 Å². The number of nitrogens with zero attached hydrogens (tertiary/aromatic N) is 5. The Hall–Kier alpha value is -3.93. The van der Waals surface area contributed by atoms with Gasteiger partial charge in [-0.05, 0) is 42.2 Å². The first-order valence-electron chi connectivity index (χ1n) is 15.6. The highest BCUT2D eigenvalue weighted by atomic mass is 35.5. The molecule has 3 aromatic carbocycles. The molecule has 5 aromatic rings. The van der Waals surface area contributed by atoms with Gasteiger partial charge >= 0.3 is 0 Å². The minimum Gasteiger partial charge on any atom is -0.379 e. The SMILES string of the molecule is Cc1nc(-c2ccc(C3CCN(C(C)c4ccccc4)CCO3)cc2)no1.Cl.c1noc(-c2ccc(C3CNCCOC3)cc2)n1. The Morgan fingerprint density at radius 2 is 1.63 bits per heavy atom. The summed E-state index contributed by atoms with van der Waals surface area (Å²) in [5.41, 5.74) is 5.74. The molecular formula is C35H41ClN6O4. The molecule has 2 aromatic heterocycles. The molecule has 2 saturated heterocycles. The summed E-state index contributed by atoms with van der Waals surface area (Å²) in [5, 5.41) is 11.0. The van der Waals surface area contributed by atoms with Crippen LogP contribution in [0.15, 0.2) is 94.2 Å². The van der Waals surface area contributed by atoms with Crippen molar-refractivity contribution in [3.05, 3.63) is 108 Å². The first kappa shape index (κ1) is 33.4. The zero-order chi connectivity index (χ0) is 30.8. The van der Waals surface area contributed by atoms with Gasteiger partial charge in [0.05, 0.1) is 25.9 Å². The summed E-state index contributed by atoms with van der Waals surface area (Å²) >= 11 is 0. The summed E-state index contributed by atoms with van der Waals surface area (Å²) in [6.45, 7) is 10.2. The maximum Gasteiger partial charge on any atom is 0.257 e. The third kappa shape index (κ3) is 8.65. The molecule has 0 bridgehead atoms. The highest BCUT2D eigenvalue weighted by Gasteiger charge is 2.23. The predicted molar refractivity (Wildman–Crippen MR) is 178 cm³/mol. The molecule has 11 heteroatoms. The summed E-state index contributed by atoms with van der Waals surface area (Å²) in [4.78, 5) is 10.8. The Balaban J connectivity index is 0.000000191. The molecule has 2 aliphatic rings. The highest BCUT2D eigenvalue weighted by Crippen LogP contribution is 2.29. The topological polar surface area (TPSA) is 112 Å². The van der Waals surface area contributed by atoms with E-state index < -0.39 is 0 Å². The molecular weight excluding hydrogens is 604 g/mol. The van der Waals surface area contributed by atoms with Crippen LogP contribution in [0, 0.1) is 6.92 Å². The Morgan fingerprint density at radius 3 is 2.35 bits per heavy atom. The van der Waals surface area contributed by atoms with Crippen molar-refractivity contribution in [1.29, 1.82) is 0 Å². The molecule has 0 amide bonds. The van der Waals surface area contributed by atoms with Crippen LogP contribution in [0.4, 0.5) is 0 Å². The highest BCUT2D eigenvalue weighted by molar-refractivity contribution is 5.85. The van der Waals surface area contributed by atoms with Crippen molar-refractivity contribution in [2.75, 3.05) is 46.0 Å². The van der Waals surface area contributed by atoms with Gasteiger partial charge in [0.25, 0.3) is 5.89 Å². The smallest absolute Gasteiger partial charge is 0.257 e. The van der Waals surface area contributed by atoms with Crippen LogP contribution < -0.4 is 5.32 Å². The lowest BCUT2D eigenvalue weighted by atomic mass is 9.99. The Kier molecular flexibility index (Phi) is 12.0. The molecule has 0 saturated carbocycles. The summed E-state index contributed by atoms with van der Waals surface area (Å²) in [5.74, 6) is 2.17. The molecule has 2 fully saturated rings. The monoisotopic (exact) mass is 644 g/mol. The van der Waals surface area contributed by atoms with E-state index in [0.717, 1.165) is 63.5 Å². The van der Waals surface area contributed by atoms with Crippen LogP contribution in [0.3, 0.4) is 0 Å². The number of hydrogen-bond acceptors (Lipinski definition) is 10. The molecule has 242 valence electrons. The third-order valence-electron chi connectivity index (χ3n) is 8.40. The number of ether oxygens (including phenoxy) is 2. The second-order valence-corrected chi connectivity index (χ2v) is 11.4. The average Bonchev–Trinajstić information content (AvgIpc) is 3.63. The lowest BCUT2D eigenvalue weighted by Crippen LogP contribution is -2.29. The van der Waals surface area contributed by atoms with E-state index in [1.54, 1.807) is 6.92 Å². The summed E-state index contributed by atoms with van der Waals surface area (Å²) < 4.78 is 21.8. The molecule has 4 heterocycles. The van der Waals surface area contributed by atoms with Crippen molar-refractivity contribution < 1.29 is 18.5 Å². The first-order valence-corrected chi connectivity index (χ1v) is 15.6. The van der Waals surface area contributed by atoms with Crippen LogP contribution in [0.25, 0.3) is 22.8 Å². The maximum atomic E-state index is 6.16. The fourth-order valence-corrected chi connectivity index (χ4v) is 5.76. The zero-order valence-electron chi connectivity index (χ0n) is 26.2. The minimum atomic E-state index is 0. The minimum absolute atomic E-state index is 0. The molecule has 3 atom stereocenters. The largest absolute Gasteiger partial charge is 0.379 e. The molecule has 0 radical (unpaired) electrons. The number of aromatic nitrogens is 4. The van der Waals surface area contributed by atoms with E-state index in [1.807, 2.05) is 24.3 Å². The van der Waals surface area contributed by atoms with Gasteiger partial charge in [-0.1, -0.05) is 77.0 Å². The Labute approximate surface area is 275 Å². The van der Waals surface area contributed by atoms with Crippen molar-refractivity contribution in [3.8, 4) is 22.8 Å². The van der Waals surface area contributed by atoms with E-state index in [9.17, 15) is 0 Å². The number of aryl methyl sites for hydroxylation is 1. The van der Waals surface area contributed by atoms with Crippen LogP contribution in [-0.2, 0) is 9.47 Å². The maximum absolute atomic E-state index is 6.16. The van der Waals surface area contributed by atoms with Crippen molar-refractivity contribution >= 4 is 12.4 Å². The van der Waals surface area contributed by atoms with Crippen molar-refractivity contribution in [1.82, 2.24) is 30.5 Å². The Bertz CT molecular complexity index is 1570. The van der Waals surface area contributed by atoms with E-state index in [0.29, 0.717) is 29.6 Å². The van der Waals surface area contributed by atoms with E-state index in [-0.39, 0.29) is 18.5 Å². The molecule has 10 nitrogen and oxygen atoms in total. The van der Waals surface area contributed by atoms with Crippen LogP contribution >= 0.6 is 12.4 Å². The first-order chi connectivity index (χ1) is 22.1. The normalized spacial score (nSPS) is 19.5. The molecule has 46 heavy (non-hydrogen) atoms. The van der Waals surface area contributed by atoms with Gasteiger partial charge in [0, 0.05) is 56.2 Å².